The SMILES string of the molecule is CC(=O)N1C[C@H](C)Sc2ccc(S(=O)(=O)NCc3ccc(Br)cc3)cc21. The van der Waals surface area contributed by atoms with Crippen LogP contribution < -0.4 is 9.62 Å². The predicted molar refractivity (Wildman–Crippen MR) is 108 cm³/mol. The van der Waals surface area contributed by atoms with E-state index in [0.717, 1.165) is 14.9 Å². The first-order valence-electron chi connectivity index (χ1n) is 8.09. The van der Waals surface area contributed by atoms with Crippen LogP contribution in [0.2, 0.25) is 0 Å². The molecule has 0 unspecified atom stereocenters. The van der Waals surface area contributed by atoms with Crippen LogP contribution in [-0.4, -0.2) is 26.1 Å². The molecule has 2 aromatic carbocycles. The molecule has 138 valence electrons. The quantitative estimate of drug-likeness (QED) is 0.762. The maximum Gasteiger partial charge on any atom is 0.240 e. The van der Waals surface area contributed by atoms with E-state index in [2.05, 4.69) is 20.7 Å². The van der Waals surface area contributed by atoms with Crippen molar-refractivity contribution in [1.82, 2.24) is 4.72 Å². The first-order valence-corrected chi connectivity index (χ1v) is 11.2. The highest BCUT2D eigenvalue weighted by atomic mass is 79.9. The fourth-order valence-electron chi connectivity index (χ4n) is 2.75. The molecule has 0 fully saturated rings. The molecule has 26 heavy (non-hydrogen) atoms. The number of sulfonamides is 1. The Hall–Kier alpha value is -1.35. The molecule has 1 atom stereocenters. The van der Waals surface area contributed by atoms with E-state index in [1.54, 1.807) is 34.9 Å². The largest absolute Gasteiger partial charge is 0.310 e. The number of carbonyl (C=O) groups is 1. The Balaban J connectivity index is 1.85. The lowest BCUT2D eigenvalue weighted by atomic mass is 10.2. The number of amides is 1. The fraction of sp³-hybridized carbons (Fsp3) is 0.278. The summed E-state index contributed by atoms with van der Waals surface area (Å²) in [4.78, 5) is 14.7. The third kappa shape index (κ3) is 4.31. The molecule has 0 saturated carbocycles. The van der Waals surface area contributed by atoms with Gasteiger partial charge in [-0.15, -0.1) is 11.8 Å². The molecule has 8 heteroatoms. The number of hydrogen-bond donors (Lipinski definition) is 1. The molecular formula is C18H19BrN2O3S2. The predicted octanol–water partition coefficient (Wildman–Crippen LogP) is 3.77. The average molecular weight is 455 g/mol. The molecular weight excluding hydrogens is 436 g/mol. The lowest BCUT2D eigenvalue weighted by Gasteiger charge is -2.32. The lowest BCUT2D eigenvalue weighted by molar-refractivity contribution is -0.116. The Morgan fingerprint density at radius 2 is 1.96 bits per heavy atom. The summed E-state index contributed by atoms with van der Waals surface area (Å²) in [6.45, 7) is 4.32. The summed E-state index contributed by atoms with van der Waals surface area (Å²) in [6.07, 6.45) is 0. The number of rotatable bonds is 4. The third-order valence-electron chi connectivity index (χ3n) is 4.06. The normalized spacial score (nSPS) is 17.0. The number of hydrogen-bond acceptors (Lipinski definition) is 4. The van der Waals surface area contributed by atoms with Gasteiger partial charge in [0.05, 0.1) is 10.6 Å². The zero-order valence-electron chi connectivity index (χ0n) is 14.4. The van der Waals surface area contributed by atoms with E-state index in [4.69, 9.17) is 0 Å². The van der Waals surface area contributed by atoms with Crippen molar-refractivity contribution in [1.29, 1.82) is 0 Å². The van der Waals surface area contributed by atoms with Gasteiger partial charge in [-0.2, -0.15) is 0 Å². The van der Waals surface area contributed by atoms with Gasteiger partial charge >= 0.3 is 0 Å². The van der Waals surface area contributed by atoms with Gasteiger partial charge in [0, 0.05) is 34.6 Å². The minimum Gasteiger partial charge on any atom is -0.310 e. The number of benzene rings is 2. The van der Waals surface area contributed by atoms with Crippen LogP contribution in [0.3, 0.4) is 0 Å². The molecule has 0 saturated heterocycles. The first-order chi connectivity index (χ1) is 12.3. The van der Waals surface area contributed by atoms with Crippen LogP contribution in [-0.2, 0) is 21.4 Å². The van der Waals surface area contributed by atoms with Crippen LogP contribution >= 0.6 is 27.7 Å². The zero-order chi connectivity index (χ0) is 18.9. The Morgan fingerprint density at radius 1 is 1.27 bits per heavy atom. The molecule has 5 nitrogen and oxygen atoms in total. The molecule has 2 aromatic rings. The van der Waals surface area contributed by atoms with Crippen LogP contribution in [0.5, 0.6) is 0 Å². The Morgan fingerprint density at radius 3 is 2.62 bits per heavy atom. The van der Waals surface area contributed by atoms with E-state index in [1.807, 2.05) is 31.2 Å². The van der Waals surface area contributed by atoms with Crippen molar-refractivity contribution in [2.45, 2.75) is 35.4 Å². The summed E-state index contributed by atoms with van der Waals surface area (Å²) in [5.41, 5.74) is 1.52. The van der Waals surface area contributed by atoms with Gasteiger partial charge in [0.2, 0.25) is 15.9 Å². The number of halogens is 1. The van der Waals surface area contributed by atoms with Crippen LogP contribution in [0, 0.1) is 0 Å². The zero-order valence-corrected chi connectivity index (χ0v) is 17.6. The van der Waals surface area contributed by atoms with Crippen molar-refractivity contribution >= 4 is 49.3 Å². The lowest BCUT2D eigenvalue weighted by Crippen LogP contribution is -2.37. The van der Waals surface area contributed by atoms with Crippen LogP contribution in [0.1, 0.15) is 19.4 Å². The Bertz CT molecular complexity index is 930. The topological polar surface area (TPSA) is 66.5 Å². The molecule has 1 aliphatic rings. The molecule has 0 spiro atoms. The van der Waals surface area contributed by atoms with Crippen LogP contribution in [0.4, 0.5) is 5.69 Å². The second-order valence-electron chi connectivity index (χ2n) is 6.14. The fourth-order valence-corrected chi connectivity index (χ4v) is 5.14. The average Bonchev–Trinajstić information content (AvgIpc) is 2.60. The van der Waals surface area contributed by atoms with E-state index in [9.17, 15) is 13.2 Å². The molecule has 1 amide bonds. The van der Waals surface area contributed by atoms with Gasteiger partial charge in [0.25, 0.3) is 0 Å². The number of fused-ring (bicyclic) bond motifs is 1. The van der Waals surface area contributed by atoms with Gasteiger partial charge in [-0.25, -0.2) is 13.1 Å². The number of carbonyl (C=O) groups excluding carboxylic acids is 1. The van der Waals surface area contributed by atoms with Gasteiger partial charge in [-0.1, -0.05) is 35.0 Å². The molecule has 0 aromatic heterocycles. The maximum absolute atomic E-state index is 12.7. The standard InChI is InChI=1S/C18H19BrN2O3S2/c1-12-11-21(13(2)22)17-9-16(7-8-18(17)25-12)26(23,24)20-10-14-3-5-15(19)6-4-14/h3-9,12,20H,10-11H2,1-2H3/t12-/m0/s1. The van der Waals surface area contributed by atoms with E-state index >= 15 is 0 Å². The molecule has 1 heterocycles. The first kappa shape index (κ1) is 19.4. The Kier molecular flexibility index (Phi) is 5.76. The van der Waals surface area contributed by atoms with Crippen molar-refractivity contribution in [2.24, 2.45) is 0 Å². The van der Waals surface area contributed by atoms with Crippen molar-refractivity contribution in [3.8, 4) is 0 Å². The maximum atomic E-state index is 12.7. The Labute approximate surface area is 166 Å². The number of anilines is 1. The molecule has 0 aliphatic carbocycles. The van der Waals surface area contributed by atoms with Crippen LogP contribution in [0.25, 0.3) is 0 Å². The number of nitrogens with zero attached hydrogens (tertiary/aromatic N) is 1. The second kappa shape index (κ2) is 7.72. The second-order valence-corrected chi connectivity index (χ2v) is 10.3. The molecule has 1 N–H and O–H groups in total. The van der Waals surface area contributed by atoms with Gasteiger partial charge in [-0.3, -0.25) is 4.79 Å². The molecule has 1 aliphatic heterocycles. The minimum atomic E-state index is -3.67. The van der Waals surface area contributed by atoms with E-state index in [0.29, 0.717) is 12.2 Å². The number of thioether (sulfide) groups is 1. The smallest absolute Gasteiger partial charge is 0.240 e. The van der Waals surface area contributed by atoms with Crippen molar-refractivity contribution in [3.63, 3.8) is 0 Å². The minimum absolute atomic E-state index is 0.0873. The third-order valence-corrected chi connectivity index (χ3v) is 7.14. The summed E-state index contributed by atoms with van der Waals surface area (Å²) >= 11 is 5.01. The molecule has 0 bridgehead atoms. The van der Waals surface area contributed by atoms with Crippen molar-refractivity contribution < 1.29 is 13.2 Å². The summed E-state index contributed by atoms with van der Waals surface area (Å²) in [5, 5.41) is 0.268. The summed E-state index contributed by atoms with van der Waals surface area (Å²) in [6, 6.07) is 12.4. The summed E-state index contributed by atoms with van der Waals surface area (Å²) < 4.78 is 28.9. The highest BCUT2D eigenvalue weighted by Crippen LogP contribution is 2.39. The van der Waals surface area contributed by atoms with E-state index < -0.39 is 10.0 Å². The van der Waals surface area contributed by atoms with Gasteiger partial charge in [-0.05, 0) is 35.9 Å². The number of nitrogens with one attached hydrogen (secondary N) is 1. The molecule has 3 rings (SSSR count). The van der Waals surface area contributed by atoms with E-state index in [-0.39, 0.29) is 22.6 Å². The van der Waals surface area contributed by atoms with Gasteiger partial charge in [0.15, 0.2) is 0 Å². The highest BCUT2D eigenvalue weighted by molar-refractivity contribution is 9.10. The monoisotopic (exact) mass is 454 g/mol. The van der Waals surface area contributed by atoms with Crippen molar-refractivity contribution in [3.05, 3.63) is 52.5 Å². The summed E-state index contributed by atoms with van der Waals surface area (Å²) in [5.74, 6) is -0.0873. The van der Waals surface area contributed by atoms with E-state index in [1.165, 1.54) is 6.92 Å². The van der Waals surface area contributed by atoms with Crippen LogP contribution in [0.15, 0.2) is 56.7 Å². The molecule has 0 radical (unpaired) electrons. The summed E-state index contributed by atoms with van der Waals surface area (Å²) in [7, 11) is -3.67. The van der Waals surface area contributed by atoms with Gasteiger partial charge in [0.1, 0.15) is 0 Å². The van der Waals surface area contributed by atoms with Crippen molar-refractivity contribution in [2.75, 3.05) is 11.4 Å². The van der Waals surface area contributed by atoms with Gasteiger partial charge < -0.3 is 4.90 Å². The highest BCUT2D eigenvalue weighted by Gasteiger charge is 2.27.